The van der Waals surface area contributed by atoms with Crippen LogP contribution in [0.1, 0.15) is 24.6 Å². The lowest BCUT2D eigenvalue weighted by Crippen LogP contribution is -2.29. The molecule has 1 saturated heterocycles. The van der Waals surface area contributed by atoms with Crippen LogP contribution >= 0.6 is 0 Å². The van der Waals surface area contributed by atoms with Crippen LogP contribution in [0, 0.1) is 11.7 Å². The molecular weight excluding hydrogens is 305 g/mol. The van der Waals surface area contributed by atoms with E-state index < -0.39 is 0 Å². The zero-order chi connectivity index (χ0) is 16.9. The van der Waals surface area contributed by atoms with Crippen molar-refractivity contribution in [3.8, 4) is 0 Å². The fourth-order valence-electron chi connectivity index (χ4n) is 3.35. The van der Waals surface area contributed by atoms with Crippen molar-refractivity contribution in [2.24, 2.45) is 5.92 Å². The highest BCUT2D eigenvalue weighted by Crippen LogP contribution is 2.26. The molecule has 0 amide bonds. The standard InChI is InChI=1S/C18H24FN5/c1-3-16-17(19)18(22-13-21-16)24-8-6-15(12-24)11-23(2)10-14-5-4-7-20-9-14/h4-5,7,9,13,15H,3,6,8,10-12H2,1-2H3. The van der Waals surface area contributed by atoms with Crippen molar-refractivity contribution < 1.29 is 4.39 Å². The number of rotatable bonds is 6. The third-order valence-corrected chi connectivity index (χ3v) is 4.51. The average molecular weight is 329 g/mol. The van der Waals surface area contributed by atoms with Crippen molar-refractivity contribution in [1.29, 1.82) is 0 Å². The Morgan fingerprint density at radius 3 is 3.00 bits per heavy atom. The van der Waals surface area contributed by atoms with E-state index in [4.69, 9.17) is 0 Å². The van der Waals surface area contributed by atoms with Gasteiger partial charge >= 0.3 is 0 Å². The van der Waals surface area contributed by atoms with Crippen LogP contribution in [0.3, 0.4) is 0 Å². The topological polar surface area (TPSA) is 45.2 Å². The number of aryl methyl sites for hydroxylation is 1. The van der Waals surface area contributed by atoms with Gasteiger partial charge in [0, 0.05) is 38.6 Å². The number of nitrogens with zero attached hydrogens (tertiary/aromatic N) is 5. The summed E-state index contributed by atoms with van der Waals surface area (Å²) < 4.78 is 14.4. The Balaban J connectivity index is 1.57. The van der Waals surface area contributed by atoms with Crippen LogP contribution in [-0.2, 0) is 13.0 Å². The van der Waals surface area contributed by atoms with Crippen LogP contribution in [0.5, 0.6) is 0 Å². The first kappa shape index (κ1) is 16.8. The number of pyridine rings is 1. The molecule has 2 aromatic heterocycles. The molecule has 0 N–H and O–H groups in total. The predicted octanol–water partition coefficient (Wildman–Crippen LogP) is 2.53. The molecule has 0 aliphatic carbocycles. The Morgan fingerprint density at radius 2 is 2.25 bits per heavy atom. The number of hydrogen-bond acceptors (Lipinski definition) is 5. The van der Waals surface area contributed by atoms with Gasteiger partial charge in [-0.25, -0.2) is 14.4 Å². The molecule has 3 heterocycles. The Labute approximate surface area is 142 Å². The van der Waals surface area contributed by atoms with Crippen molar-refractivity contribution in [3.05, 3.63) is 47.9 Å². The van der Waals surface area contributed by atoms with Crippen molar-refractivity contribution in [2.45, 2.75) is 26.3 Å². The first-order valence-corrected chi connectivity index (χ1v) is 8.49. The first-order chi connectivity index (χ1) is 11.7. The van der Waals surface area contributed by atoms with E-state index in [-0.39, 0.29) is 5.82 Å². The molecular formula is C18H24FN5. The molecule has 3 rings (SSSR count). The summed E-state index contributed by atoms with van der Waals surface area (Å²) in [6, 6.07) is 4.05. The van der Waals surface area contributed by atoms with E-state index in [1.807, 2.05) is 19.2 Å². The first-order valence-electron chi connectivity index (χ1n) is 8.49. The molecule has 2 aromatic rings. The summed E-state index contributed by atoms with van der Waals surface area (Å²) in [5.41, 5.74) is 1.71. The second-order valence-electron chi connectivity index (χ2n) is 6.47. The molecule has 0 bridgehead atoms. The summed E-state index contributed by atoms with van der Waals surface area (Å²) in [7, 11) is 2.12. The average Bonchev–Trinajstić information content (AvgIpc) is 3.04. The van der Waals surface area contributed by atoms with Gasteiger partial charge in [-0.15, -0.1) is 0 Å². The molecule has 5 nitrogen and oxygen atoms in total. The van der Waals surface area contributed by atoms with Gasteiger partial charge in [-0.1, -0.05) is 13.0 Å². The van der Waals surface area contributed by atoms with Crippen LogP contribution in [0.2, 0.25) is 0 Å². The molecule has 24 heavy (non-hydrogen) atoms. The Hall–Kier alpha value is -2.08. The van der Waals surface area contributed by atoms with E-state index in [1.165, 1.54) is 11.9 Å². The highest BCUT2D eigenvalue weighted by atomic mass is 19.1. The second kappa shape index (κ2) is 7.66. The maximum absolute atomic E-state index is 14.4. The van der Waals surface area contributed by atoms with Crippen LogP contribution < -0.4 is 4.90 Å². The zero-order valence-corrected chi connectivity index (χ0v) is 14.3. The van der Waals surface area contributed by atoms with Crippen LogP contribution in [0.4, 0.5) is 10.2 Å². The minimum atomic E-state index is -0.260. The zero-order valence-electron chi connectivity index (χ0n) is 14.3. The third-order valence-electron chi connectivity index (χ3n) is 4.51. The van der Waals surface area contributed by atoms with Gasteiger partial charge in [0.25, 0.3) is 0 Å². The maximum Gasteiger partial charge on any atom is 0.187 e. The maximum atomic E-state index is 14.4. The molecule has 0 radical (unpaired) electrons. The molecule has 1 unspecified atom stereocenters. The van der Waals surface area contributed by atoms with Gasteiger partial charge in [-0.2, -0.15) is 0 Å². The molecule has 128 valence electrons. The fraction of sp³-hybridized carbons (Fsp3) is 0.500. The van der Waals surface area contributed by atoms with E-state index in [2.05, 4.69) is 37.9 Å². The predicted molar refractivity (Wildman–Crippen MR) is 92.3 cm³/mol. The van der Waals surface area contributed by atoms with Crippen LogP contribution in [-0.4, -0.2) is 46.5 Å². The Kier molecular flexibility index (Phi) is 5.35. The van der Waals surface area contributed by atoms with Crippen LogP contribution in [0.15, 0.2) is 30.9 Å². The van der Waals surface area contributed by atoms with E-state index in [9.17, 15) is 4.39 Å². The summed E-state index contributed by atoms with van der Waals surface area (Å²) >= 11 is 0. The van der Waals surface area contributed by atoms with Gasteiger partial charge < -0.3 is 9.80 Å². The highest BCUT2D eigenvalue weighted by Gasteiger charge is 2.27. The molecule has 0 spiro atoms. The van der Waals surface area contributed by atoms with Gasteiger partial charge in [-0.3, -0.25) is 4.98 Å². The van der Waals surface area contributed by atoms with E-state index >= 15 is 0 Å². The van der Waals surface area contributed by atoms with Crippen molar-refractivity contribution in [3.63, 3.8) is 0 Å². The van der Waals surface area contributed by atoms with Crippen molar-refractivity contribution in [1.82, 2.24) is 19.9 Å². The van der Waals surface area contributed by atoms with Gasteiger partial charge in [-0.05, 0) is 37.4 Å². The largest absolute Gasteiger partial charge is 0.354 e. The van der Waals surface area contributed by atoms with Gasteiger partial charge in [0.1, 0.15) is 6.33 Å². The summed E-state index contributed by atoms with van der Waals surface area (Å²) in [4.78, 5) is 16.7. The van der Waals surface area contributed by atoms with Gasteiger partial charge in [0.15, 0.2) is 11.6 Å². The summed E-state index contributed by atoms with van der Waals surface area (Å²) in [5.74, 6) is 0.717. The number of aromatic nitrogens is 3. The van der Waals surface area contributed by atoms with Gasteiger partial charge in [0.05, 0.1) is 5.69 Å². The smallest absolute Gasteiger partial charge is 0.187 e. The Morgan fingerprint density at radius 1 is 1.38 bits per heavy atom. The lowest BCUT2D eigenvalue weighted by atomic mass is 10.1. The minimum Gasteiger partial charge on any atom is -0.354 e. The molecule has 0 aromatic carbocycles. The monoisotopic (exact) mass is 329 g/mol. The highest BCUT2D eigenvalue weighted by molar-refractivity contribution is 5.42. The molecule has 1 aliphatic heterocycles. The van der Waals surface area contributed by atoms with Crippen molar-refractivity contribution in [2.75, 3.05) is 31.6 Å². The number of hydrogen-bond donors (Lipinski definition) is 0. The molecule has 1 aliphatic rings. The molecule has 0 saturated carbocycles. The Bertz CT molecular complexity index is 664. The van der Waals surface area contributed by atoms with Gasteiger partial charge in [0.2, 0.25) is 0 Å². The van der Waals surface area contributed by atoms with E-state index in [1.54, 1.807) is 6.20 Å². The SMILES string of the molecule is CCc1ncnc(N2CCC(CN(C)Cc3cccnc3)C2)c1F. The lowest BCUT2D eigenvalue weighted by molar-refractivity contribution is 0.279. The summed E-state index contributed by atoms with van der Waals surface area (Å²) in [5, 5.41) is 0. The van der Waals surface area contributed by atoms with Crippen LogP contribution in [0.25, 0.3) is 0 Å². The normalized spacial score (nSPS) is 17.7. The second-order valence-corrected chi connectivity index (χ2v) is 6.47. The van der Waals surface area contributed by atoms with E-state index in [0.717, 1.165) is 32.6 Å². The summed E-state index contributed by atoms with van der Waals surface area (Å²) in [6.45, 7) is 5.47. The fourth-order valence-corrected chi connectivity index (χ4v) is 3.35. The molecule has 1 fully saturated rings. The molecule has 6 heteroatoms. The number of halogens is 1. The number of anilines is 1. The van der Waals surface area contributed by atoms with Crippen molar-refractivity contribution >= 4 is 5.82 Å². The summed E-state index contributed by atoms with van der Waals surface area (Å²) in [6.07, 6.45) is 6.81. The quantitative estimate of drug-likeness (QED) is 0.815. The van der Waals surface area contributed by atoms with E-state index in [0.29, 0.717) is 23.9 Å². The lowest BCUT2D eigenvalue weighted by Gasteiger charge is -2.22. The molecule has 1 atom stereocenters. The minimum absolute atomic E-state index is 0.260. The third kappa shape index (κ3) is 3.87.